The Kier molecular flexibility index (Phi) is 18.3. The molecule has 26 nitrogen and oxygen atoms in total. The number of halogens is 2. The third-order valence-electron chi connectivity index (χ3n) is 19.6. The number of hydrogen-bond acceptors (Lipinski definition) is 17. The molecule has 10 heterocycles. The van der Waals surface area contributed by atoms with E-state index in [1.165, 1.54) is 32.6 Å². The molecular formula is C65H78F2N18O8. The zero-order valence-electron chi connectivity index (χ0n) is 52.1. The van der Waals surface area contributed by atoms with Gasteiger partial charge in [0.1, 0.15) is 23.2 Å². The van der Waals surface area contributed by atoms with Crippen LogP contribution in [0.4, 0.5) is 37.6 Å². The highest BCUT2D eigenvalue weighted by molar-refractivity contribution is 6.08. The molecule has 490 valence electrons. The van der Waals surface area contributed by atoms with Gasteiger partial charge in [-0.25, -0.2) is 33.0 Å². The van der Waals surface area contributed by atoms with Crippen LogP contribution in [-0.2, 0) is 37.4 Å². The van der Waals surface area contributed by atoms with E-state index in [1.807, 2.05) is 41.3 Å². The normalized spacial score (nSPS) is 21.1. The number of ether oxygens (including phenoxy) is 1. The number of aromatic nitrogens is 9. The number of nitrogens with one attached hydrogen (secondary N) is 4. The highest BCUT2D eigenvalue weighted by Crippen LogP contribution is 2.37. The number of likely N-dealkylation sites (tertiary alicyclic amines) is 1. The average Bonchev–Trinajstić information content (AvgIpc) is 1.62. The minimum absolute atomic E-state index is 0.0108. The fourth-order valence-corrected chi connectivity index (χ4v) is 14.5. The monoisotopic (exact) mass is 1280 g/mol. The molecule has 1 unspecified atom stereocenters. The van der Waals surface area contributed by atoms with Gasteiger partial charge in [-0.15, -0.1) is 0 Å². The number of nitrogens with zero attached hydrogens (tertiary/aromatic N) is 13. The molecular weight excluding hydrogens is 1200 g/mol. The molecule has 7 aromatic rings. The van der Waals surface area contributed by atoms with Crippen LogP contribution in [0.1, 0.15) is 152 Å². The first-order valence-electron chi connectivity index (χ1n) is 32.6. The summed E-state index contributed by atoms with van der Waals surface area (Å²) in [6.07, 6.45) is 13.4. The molecule has 0 radical (unpaired) electrons. The number of para-hydroxylation sites is 1. The number of morpholine rings is 1. The first-order chi connectivity index (χ1) is 45.1. The minimum atomic E-state index is -2.97. The number of benzene rings is 2. The minimum Gasteiger partial charge on any atom is -0.374 e. The molecule has 3 atom stereocenters. The lowest BCUT2D eigenvalue weighted by Crippen LogP contribution is -2.46. The standard InChI is InChI=1S/C65H78F2N18O8/c1-78-57-41(9-7-10-49(57)85(65(78)92)50-19-20-53(86)76-64(50)91)8-3-6-25-79(37-54(87)81-28-21-40(22-29-81)39-11-15-43(16-12-39)72-60-56(59(68)88)70-34-52(74-60)80-26-4-2-5-27-80)31-24-69-62(89)42-13-17-44(18-14-42)84-36-48(55(77-84)58(66)67)73-63(90)47-33-71-83-30-23-51(75-61(47)83)82-35-46-32-45(82)38-93-46/h7,9-12,15-16,23,30,33-34,36,40,42,44-46,50,58H,2-6,8,13-14,17-22,24-29,31-32,35,37-38H2,1H3,(H2,68,88)(H,69,89)(H,72,74)(H,73,90)(H,76,86,91)/t42?,44?,45-,46-,50?/m1/s1. The lowest BCUT2D eigenvalue weighted by molar-refractivity contribution is -0.136. The second-order valence-electron chi connectivity index (χ2n) is 25.5. The van der Waals surface area contributed by atoms with Crippen molar-refractivity contribution in [2.75, 3.05) is 85.9 Å². The molecule has 13 rings (SSSR count). The van der Waals surface area contributed by atoms with Crippen LogP contribution in [0.15, 0.2) is 78.1 Å². The van der Waals surface area contributed by atoms with E-state index in [9.17, 15) is 42.3 Å². The van der Waals surface area contributed by atoms with Gasteiger partial charge in [0.15, 0.2) is 22.9 Å². The number of unbranched alkanes of at least 4 members (excludes halogenated alkanes) is 1. The highest BCUT2D eigenvalue weighted by Gasteiger charge is 2.40. The topological polar surface area (TPSA) is 299 Å². The maximum Gasteiger partial charge on any atom is 0.329 e. The van der Waals surface area contributed by atoms with Crippen LogP contribution in [0, 0.1) is 5.92 Å². The van der Waals surface area contributed by atoms with Crippen molar-refractivity contribution in [3.63, 3.8) is 0 Å². The van der Waals surface area contributed by atoms with E-state index in [-0.39, 0.29) is 96.3 Å². The van der Waals surface area contributed by atoms with Gasteiger partial charge in [-0.3, -0.25) is 52.8 Å². The van der Waals surface area contributed by atoms with Crippen LogP contribution in [-0.4, -0.2) is 166 Å². The Morgan fingerprint density at radius 2 is 1.67 bits per heavy atom. The summed E-state index contributed by atoms with van der Waals surface area (Å²) in [5, 5.41) is 20.0. The van der Waals surface area contributed by atoms with E-state index >= 15 is 0 Å². The predicted octanol–water partition coefficient (Wildman–Crippen LogP) is 5.93. The number of nitrogens with two attached hydrogens (primary N) is 1. The number of carbonyl (C=O) groups is 6. The van der Waals surface area contributed by atoms with Crippen LogP contribution in [0.3, 0.4) is 0 Å². The molecule has 5 aliphatic heterocycles. The Morgan fingerprint density at radius 1 is 0.871 bits per heavy atom. The van der Waals surface area contributed by atoms with Crippen LogP contribution >= 0.6 is 0 Å². The van der Waals surface area contributed by atoms with Crippen LogP contribution in [0.25, 0.3) is 16.7 Å². The number of imide groups is 1. The summed E-state index contributed by atoms with van der Waals surface area (Å²) in [7, 11) is 1.69. The highest BCUT2D eigenvalue weighted by atomic mass is 19.3. The molecule has 6 fully saturated rings. The van der Waals surface area contributed by atoms with E-state index in [2.05, 4.69) is 63.3 Å². The van der Waals surface area contributed by atoms with Crippen molar-refractivity contribution in [3.05, 3.63) is 112 Å². The number of aryl methyl sites for hydroxylation is 2. The Morgan fingerprint density at radius 3 is 2.40 bits per heavy atom. The van der Waals surface area contributed by atoms with Crippen molar-refractivity contribution in [1.29, 1.82) is 0 Å². The van der Waals surface area contributed by atoms with Crippen molar-refractivity contribution in [2.24, 2.45) is 18.7 Å². The number of rotatable bonds is 22. The summed E-state index contributed by atoms with van der Waals surface area (Å²) in [6.45, 7) is 5.54. The smallest absolute Gasteiger partial charge is 0.329 e. The quantitative estimate of drug-likeness (QED) is 0.0388. The number of primary amides is 1. The van der Waals surface area contributed by atoms with Gasteiger partial charge in [0, 0.05) is 83.3 Å². The first kappa shape index (κ1) is 62.6. The molecule has 2 bridgehead atoms. The zero-order chi connectivity index (χ0) is 64.4. The molecule has 1 saturated carbocycles. The fraction of sp³-hybridized carbons (Fsp3) is 0.508. The number of piperidine rings is 3. The van der Waals surface area contributed by atoms with Crippen LogP contribution in [0.2, 0.25) is 0 Å². The van der Waals surface area contributed by atoms with Gasteiger partial charge in [-0.1, -0.05) is 24.3 Å². The van der Waals surface area contributed by atoms with E-state index in [4.69, 9.17) is 20.4 Å². The van der Waals surface area contributed by atoms with Crippen molar-refractivity contribution < 1.29 is 42.3 Å². The Labute approximate surface area is 534 Å². The van der Waals surface area contributed by atoms with Gasteiger partial charge >= 0.3 is 5.69 Å². The number of amides is 6. The number of alkyl halides is 2. The average molecular weight is 1280 g/mol. The maximum absolute atomic E-state index is 14.6. The second kappa shape index (κ2) is 27.2. The molecule has 5 saturated heterocycles. The lowest BCUT2D eigenvalue weighted by atomic mass is 9.85. The van der Waals surface area contributed by atoms with E-state index < -0.39 is 35.9 Å². The molecule has 5 aromatic heterocycles. The Hall–Kier alpha value is -9.18. The molecule has 2 aromatic carbocycles. The predicted molar refractivity (Wildman–Crippen MR) is 340 cm³/mol. The summed E-state index contributed by atoms with van der Waals surface area (Å²) < 4.78 is 40.9. The first-order valence-corrected chi connectivity index (χ1v) is 32.6. The van der Waals surface area contributed by atoms with E-state index in [0.29, 0.717) is 113 Å². The number of fused-ring (bicyclic) bond motifs is 4. The van der Waals surface area contributed by atoms with Crippen molar-refractivity contribution in [1.82, 2.24) is 63.9 Å². The molecule has 28 heteroatoms. The number of anilines is 5. The van der Waals surface area contributed by atoms with Gasteiger partial charge in [0.25, 0.3) is 18.2 Å². The number of imidazole rings is 1. The molecule has 93 heavy (non-hydrogen) atoms. The largest absolute Gasteiger partial charge is 0.374 e. The summed E-state index contributed by atoms with van der Waals surface area (Å²) in [4.78, 5) is 115. The lowest BCUT2D eigenvalue weighted by Gasteiger charge is -2.34. The van der Waals surface area contributed by atoms with E-state index in [1.54, 1.807) is 24.0 Å². The molecule has 0 spiro atoms. The van der Waals surface area contributed by atoms with Gasteiger partial charge in [-0.05, 0) is 138 Å². The Balaban J connectivity index is 0.625. The maximum atomic E-state index is 14.6. The second-order valence-corrected chi connectivity index (χ2v) is 25.5. The van der Waals surface area contributed by atoms with Gasteiger partial charge in [0.05, 0.1) is 60.5 Å². The van der Waals surface area contributed by atoms with Crippen LogP contribution in [0.5, 0.6) is 0 Å². The summed E-state index contributed by atoms with van der Waals surface area (Å²) >= 11 is 0. The fourth-order valence-electron chi connectivity index (χ4n) is 14.5. The zero-order valence-corrected chi connectivity index (χ0v) is 52.1. The van der Waals surface area contributed by atoms with Crippen LogP contribution < -0.4 is 42.5 Å². The summed E-state index contributed by atoms with van der Waals surface area (Å²) in [5.41, 5.74) is 9.33. The van der Waals surface area contributed by atoms with Crippen molar-refractivity contribution >= 4 is 81.0 Å². The SMILES string of the molecule is Cn1c(=O)n(C2CCC(=O)NC2=O)c2cccc(CCCCN(CCNC(=O)C3CCC(n4cc(NC(=O)c5cnn6ccc(N7C[C@H]8C[C@@H]7CO8)nc56)c(C(F)F)n4)CC3)CC(=O)N3CCC(c4ccc(Nc5nc(N6CCCCC6)cnc5C(N)=O)cc4)CC3)c21. The van der Waals surface area contributed by atoms with Gasteiger partial charge < -0.3 is 41.1 Å². The molecule has 6 aliphatic rings. The number of hydrogen-bond donors (Lipinski definition) is 5. The molecule has 1 aliphatic carbocycles. The van der Waals surface area contributed by atoms with Crippen molar-refractivity contribution in [2.45, 2.75) is 133 Å². The van der Waals surface area contributed by atoms with Crippen molar-refractivity contribution in [3.8, 4) is 0 Å². The van der Waals surface area contributed by atoms with Gasteiger partial charge in [0.2, 0.25) is 23.6 Å². The summed E-state index contributed by atoms with van der Waals surface area (Å²) in [5.74, 6) is -0.741. The molecule has 6 amide bonds. The third-order valence-corrected chi connectivity index (χ3v) is 19.6. The molecule has 6 N–H and O–H groups in total. The summed E-state index contributed by atoms with van der Waals surface area (Å²) in [6, 6.07) is 14.6. The number of carbonyl (C=O) groups excluding carboxylic acids is 6. The van der Waals surface area contributed by atoms with Gasteiger partial charge in [-0.2, -0.15) is 10.2 Å². The Bertz CT molecular complexity index is 4010. The van der Waals surface area contributed by atoms with E-state index in [0.717, 1.165) is 67.5 Å². The third kappa shape index (κ3) is 13.4.